The summed E-state index contributed by atoms with van der Waals surface area (Å²) < 4.78 is 74.5. The molecule has 2 aromatic carbocycles. The van der Waals surface area contributed by atoms with E-state index in [1.54, 1.807) is 0 Å². The molecule has 0 amide bonds. The fraction of sp³-hybridized carbons (Fsp3) is 0.726. The van der Waals surface area contributed by atoms with E-state index in [4.69, 9.17) is 22.1 Å². The molecule has 1 aromatic heterocycles. The van der Waals surface area contributed by atoms with Crippen LogP contribution in [0.4, 0.5) is 18.9 Å². The number of anilines is 1. The Morgan fingerprint density at radius 2 is 0.945 bits per heavy atom. The average Bonchev–Trinajstić information content (AvgIpc) is 3.86. The lowest BCUT2D eigenvalue weighted by molar-refractivity contribution is -0.678. The van der Waals surface area contributed by atoms with Crippen LogP contribution in [0.15, 0.2) is 58.9 Å². The van der Waals surface area contributed by atoms with Crippen LogP contribution in [-0.4, -0.2) is 25.0 Å². The molecule has 1 aliphatic rings. The van der Waals surface area contributed by atoms with Gasteiger partial charge in [-0.15, -0.1) is 0 Å². The van der Waals surface area contributed by atoms with Crippen LogP contribution >= 0.6 is 0 Å². The SMILES string of the molecule is CCCCCCCCCCCCCCCCCCN1/C(=C/C=C/c2oc3ccc(C(C)(C)C)cc3[n+]2CCCCCCCCCCCCCCCCCC)Oc2ccc(C(C)(C)C)cc21.O=S(=O)([O-])C(F)(F)F. The Bertz CT molecular complexity index is 2130. The normalized spacial score (nSPS) is 13.9. The maximum atomic E-state index is 10.7. The molecule has 0 atom stereocenters. The van der Waals surface area contributed by atoms with E-state index in [-0.39, 0.29) is 10.8 Å². The van der Waals surface area contributed by atoms with Crippen molar-refractivity contribution < 1.29 is 39.9 Å². The molecule has 0 N–H and O–H groups in total. The number of oxazole rings is 1. The van der Waals surface area contributed by atoms with Crippen molar-refractivity contribution in [1.82, 2.24) is 0 Å². The molecule has 7 nitrogen and oxygen atoms in total. The number of allylic oxidation sites excluding steroid dienone is 2. The van der Waals surface area contributed by atoms with Crippen LogP contribution in [0.1, 0.15) is 278 Å². The van der Waals surface area contributed by atoms with Crippen LogP contribution in [0.5, 0.6) is 5.75 Å². The minimum absolute atomic E-state index is 0.0789. The Hall–Kier alpha value is -3.31. The lowest BCUT2D eigenvalue weighted by atomic mass is 9.87. The predicted molar refractivity (Wildman–Crippen MR) is 300 cm³/mol. The van der Waals surface area contributed by atoms with Crippen LogP contribution in [0.25, 0.3) is 17.2 Å². The summed E-state index contributed by atoms with van der Waals surface area (Å²) in [4.78, 5) is 2.43. The molecule has 73 heavy (non-hydrogen) atoms. The van der Waals surface area contributed by atoms with Crippen LogP contribution in [0.3, 0.4) is 0 Å². The highest BCUT2D eigenvalue weighted by molar-refractivity contribution is 7.86. The van der Waals surface area contributed by atoms with E-state index in [1.807, 2.05) is 0 Å². The summed E-state index contributed by atoms with van der Waals surface area (Å²) >= 11 is 0. The number of halogens is 3. The average molecular weight is 1040 g/mol. The first kappa shape index (κ1) is 64.0. The number of nitrogens with zero attached hydrogens (tertiary/aromatic N) is 2. The Morgan fingerprint density at radius 1 is 0.562 bits per heavy atom. The smallest absolute Gasteiger partial charge is 0.485 e. The van der Waals surface area contributed by atoms with Gasteiger partial charge in [0.15, 0.2) is 22.4 Å². The van der Waals surface area contributed by atoms with Gasteiger partial charge in [0.1, 0.15) is 0 Å². The zero-order chi connectivity index (χ0) is 53.6. The lowest BCUT2D eigenvalue weighted by Gasteiger charge is -2.22. The van der Waals surface area contributed by atoms with Gasteiger partial charge in [-0.25, -0.2) is 8.42 Å². The molecular weight excluding hydrogens is 942 g/mol. The third kappa shape index (κ3) is 25.4. The molecule has 0 radical (unpaired) electrons. The Morgan fingerprint density at radius 3 is 1.36 bits per heavy atom. The highest BCUT2D eigenvalue weighted by atomic mass is 32.2. The first-order valence-electron chi connectivity index (χ1n) is 29.2. The van der Waals surface area contributed by atoms with E-state index in [0.717, 1.165) is 36.2 Å². The minimum Gasteiger partial charge on any atom is -0.741 e. The van der Waals surface area contributed by atoms with E-state index >= 15 is 0 Å². The van der Waals surface area contributed by atoms with Crippen molar-refractivity contribution in [3.05, 3.63) is 71.5 Å². The van der Waals surface area contributed by atoms with E-state index in [1.165, 1.54) is 228 Å². The number of benzene rings is 2. The van der Waals surface area contributed by atoms with E-state index < -0.39 is 15.6 Å². The second-order valence-corrected chi connectivity index (χ2v) is 24.5. The van der Waals surface area contributed by atoms with Gasteiger partial charge in [0, 0.05) is 19.0 Å². The molecule has 0 bridgehead atoms. The highest BCUT2D eigenvalue weighted by Crippen LogP contribution is 2.42. The molecule has 0 aliphatic carbocycles. The molecule has 4 rings (SSSR count). The summed E-state index contributed by atoms with van der Waals surface area (Å²) in [7, 11) is -6.09. The van der Waals surface area contributed by atoms with Crippen LogP contribution in [-0.2, 0) is 27.5 Å². The third-order valence-corrected chi connectivity index (χ3v) is 15.0. The molecule has 2 heterocycles. The molecule has 0 saturated carbocycles. The Kier molecular flexibility index (Phi) is 30.1. The maximum absolute atomic E-state index is 10.7. The molecule has 0 unspecified atom stereocenters. The van der Waals surface area contributed by atoms with Crippen molar-refractivity contribution in [2.24, 2.45) is 0 Å². The van der Waals surface area contributed by atoms with E-state index in [0.29, 0.717) is 0 Å². The van der Waals surface area contributed by atoms with Crippen LogP contribution in [0.2, 0.25) is 0 Å². The zero-order valence-corrected chi connectivity index (χ0v) is 48.0. The first-order chi connectivity index (χ1) is 34.8. The van der Waals surface area contributed by atoms with Crippen LogP contribution in [0, 0.1) is 0 Å². The largest absolute Gasteiger partial charge is 0.741 e. The first-order valence-corrected chi connectivity index (χ1v) is 30.7. The molecule has 11 heteroatoms. The van der Waals surface area contributed by atoms with Crippen molar-refractivity contribution in [2.75, 3.05) is 11.4 Å². The number of unbranched alkanes of at least 4 members (excludes halogenated alkanes) is 30. The van der Waals surface area contributed by atoms with Gasteiger partial charge in [0.25, 0.3) is 5.52 Å². The Balaban J connectivity index is 0.00000161. The predicted octanol–water partition coefficient (Wildman–Crippen LogP) is 19.6. The van der Waals surface area contributed by atoms with Gasteiger partial charge < -0.3 is 18.6 Å². The number of aromatic nitrogens is 1. The molecular formula is C62H101F3N2O5S. The fourth-order valence-electron chi connectivity index (χ4n) is 9.69. The Labute approximate surface area is 443 Å². The molecule has 0 fully saturated rings. The third-order valence-electron chi connectivity index (χ3n) is 14.4. The van der Waals surface area contributed by atoms with Gasteiger partial charge in [-0.2, -0.15) is 17.7 Å². The second-order valence-electron chi connectivity index (χ2n) is 23.1. The van der Waals surface area contributed by atoms with Crippen LogP contribution < -0.4 is 14.2 Å². The van der Waals surface area contributed by atoms with Gasteiger partial charge >= 0.3 is 11.4 Å². The summed E-state index contributed by atoms with van der Waals surface area (Å²) in [5.74, 6) is 2.80. The molecule has 0 spiro atoms. The number of ether oxygens (including phenoxy) is 1. The number of rotatable bonds is 36. The van der Waals surface area contributed by atoms with Crippen molar-refractivity contribution in [3.8, 4) is 5.75 Å². The van der Waals surface area contributed by atoms with Gasteiger partial charge in [-0.05, 0) is 65.1 Å². The van der Waals surface area contributed by atoms with Gasteiger partial charge in [0.05, 0.1) is 11.8 Å². The van der Waals surface area contributed by atoms with Crippen molar-refractivity contribution >= 4 is 33.0 Å². The topological polar surface area (TPSA) is 86.7 Å². The van der Waals surface area contributed by atoms with Gasteiger partial charge in [-0.1, -0.05) is 254 Å². The quantitative estimate of drug-likeness (QED) is 0.0250. The van der Waals surface area contributed by atoms with E-state index in [2.05, 4.69) is 119 Å². The number of hydrogen-bond acceptors (Lipinski definition) is 6. The molecule has 3 aromatic rings. The summed E-state index contributed by atoms with van der Waals surface area (Å²) in [6.45, 7) is 20.4. The highest BCUT2D eigenvalue weighted by Gasteiger charge is 2.37. The van der Waals surface area contributed by atoms with Crippen molar-refractivity contribution in [3.63, 3.8) is 0 Å². The van der Waals surface area contributed by atoms with E-state index in [9.17, 15) is 13.2 Å². The zero-order valence-electron chi connectivity index (χ0n) is 47.2. The number of fused-ring (bicyclic) bond motifs is 2. The molecule has 416 valence electrons. The summed E-state index contributed by atoms with van der Waals surface area (Å²) in [5, 5.41) is 0. The maximum Gasteiger partial charge on any atom is 0.485 e. The fourth-order valence-corrected chi connectivity index (χ4v) is 9.69. The summed E-state index contributed by atoms with van der Waals surface area (Å²) in [6, 6.07) is 13.6. The number of hydrogen-bond donors (Lipinski definition) is 0. The minimum atomic E-state index is -6.09. The standard InChI is InChI=1S/C61H101N2O2.CHF3O3S/c1-9-11-13-15-17-19-21-23-25-27-29-31-33-35-37-39-48-62-54-50-52(60(3,4)5)44-46-56(54)64-58(62)42-41-43-59-63(55-51-53(61(6,7)8)45-47-57(55)65-59)49-40-38-36-34-32-30-28-26-24-22-20-18-16-14-12-10-2;2-1(3,4)8(5,6)7/h41-47,50-51H,9-40,48-49H2,1-8H3;(H,5,6,7)/q+1;/p-1. The van der Waals surface area contributed by atoms with Crippen molar-refractivity contribution in [2.45, 2.75) is 284 Å². The molecule has 0 saturated heterocycles. The van der Waals surface area contributed by atoms with Gasteiger partial charge in [0.2, 0.25) is 11.5 Å². The monoisotopic (exact) mass is 1040 g/mol. The lowest BCUT2D eigenvalue weighted by Crippen LogP contribution is -2.35. The number of aryl methyl sites for hydroxylation is 1. The van der Waals surface area contributed by atoms with Gasteiger partial charge in [-0.3, -0.25) is 0 Å². The van der Waals surface area contributed by atoms with Crippen molar-refractivity contribution in [1.29, 1.82) is 0 Å². The summed E-state index contributed by atoms with van der Waals surface area (Å²) in [6.07, 6.45) is 50.8. The number of alkyl halides is 3. The summed E-state index contributed by atoms with van der Waals surface area (Å²) in [5.41, 5.74) is 0.579. The second kappa shape index (κ2) is 34.4. The molecule has 1 aliphatic heterocycles.